The van der Waals surface area contributed by atoms with Gasteiger partial charge in [-0.3, -0.25) is 0 Å². The van der Waals surface area contributed by atoms with Gasteiger partial charge >= 0.3 is 0 Å². The van der Waals surface area contributed by atoms with Crippen LogP contribution in [0.2, 0.25) is 0 Å². The third-order valence-corrected chi connectivity index (χ3v) is 4.64. The van der Waals surface area contributed by atoms with E-state index < -0.39 is 0 Å². The molecule has 6 heteroatoms. The van der Waals surface area contributed by atoms with Crippen molar-refractivity contribution >= 4 is 34.5 Å². The van der Waals surface area contributed by atoms with Gasteiger partial charge in [-0.25, -0.2) is 9.97 Å². The molecule has 2 aromatic heterocycles. The molecule has 0 amide bonds. The summed E-state index contributed by atoms with van der Waals surface area (Å²) in [5, 5.41) is 2.15. The number of aromatic nitrogens is 2. The minimum absolute atomic E-state index is 0.289. The van der Waals surface area contributed by atoms with E-state index in [2.05, 4.69) is 33.2 Å². The van der Waals surface area contributed by atoms with Crippen molar-refractivity contribution in [3.63, 3.8) is 0 Å². The van der Waals surface area contributed by atoms with Crippen molar-refractivity contribution in [1.82, 2.24) is 9.97 Å². The molecule has 0 aliphatic carbocycles. The number of thiophene rings is 1. The molecule has 0 bridgehead atoms. The van der Waals surface area contributed by atoms with Gasteiger partial charge in [-0.15, -0.1) is 11.3 Å². The summed E-state index contributed by atoms with van der Waals surface area (Å²) in [4.78, 5) is 12.8. The summed E-state index contributed by atoms with van der Waals surface area (Å²) in [5.41, 5.74) is 7.63. The summed E-state index contributed by atoms with van der Waals surface area (Å²) < 4.78 is 0. The fraction of sp³-hybridized carbons (Fsp3) is 0.308. The molecule has 2 N–H and O–H groups in total. The Labute approximate surface area is 121 Å². The fourth-order valence-corrected chi connectivity index (χ4v) is 3.48. The van der Waals surface area contributed by atoms with Gasteiger partial charge in [0.05, 0.1) is 6.04 Å². The van der Waals surface area contributed by atoms with E-state index in [0.29, 0.717) is 16.6 Å². The first-order chi connectivity index (χ1) is 9.16. The van der Waals surface area contributed by atoms with Crippen LogP contribution in [-0.4, -0.2) is 21.5 Å². The molecule has 0 aromatic carbocycles. The molecule has 19 heavy (non-hydrogen) atoms. The number of rotatable bonds is 2. The second-order valence-corrected chi connectivity index (χ2v) is 5.97. The first-order valence-electron chi connectivity index (χ1n) is 6.12. The van der Waals surface area contributed by atoms with Crippen LogP contribution >= 0.6 is 23.6 Å². The third kappa shape index (κ3) is 2.21. The summed E-state index contributed by atoms with van der Waals surface area (Å²) in [6, 6.07) is 4.22. The number of hydrogen-bond acceptors (Lipinski definition) is 5. The molecular formula is C13H14N4S2. The van der Waals surface area contributed by atoms with Crippen LogP contribution in [0.5, 0.6) is 0 Å². The molecule has 0 saturated carbocycles. The van der Waals surface area contributed by atoms with E-state index in [1.54, 1.807) is 12.3 Å². The first kappa shape index (κ1) is 12.5. The standard InChI is InChI=1S/C13H14N4S2/c1-8-9-4-7-19-11(9)3-6-17(8)13-15-5-2-10(16-13)12(14)18/h2,4-5,7-8H,3,6H2,1H3,(H2,14,18). The highest BCUT2D eigenvalue weighted by molar-refractivity contribution is 7.80. The molecule has 1 unspecified atom stereocenters. The molecule has 3 heterocycles. The quantitative estimate of drug-likeness (QED) is 0.860. The van der Waals surface area contributed by atoms with E-state index >= 15 is 0 Å². The Hall–Kier alpha value is -1.53. The predicted octanol–water partition coefficient (Wildman–Crippen LogP) is 2.30. The molecule has 0 spiro atoms. The SMILES string of the molecule is CC1c2ccsc2CCN1c1nccc(C(N)=S)n1. The lowest BCUT2D eigenvalue weighted by molar-refractivity contribution is 0.615. The number of nitrogens with two attached hydrogens (primary N) is 1. The zero-order valence-corrected chi connectivity index (χ0v) is 12.2. The van der Waals surface area contributed by atoms with E-state index in [9.17, 15) is 0 Å². The summed E-state index contributed by atoms with van der Waals surface area (Å²) in [6.45, 7) is 3.11. The van der Waals surface area contributed by atoms with Gasteiger partial charge in [-0.05, 0) is 36.4 Å². The average molecular weight is 290 g/mol. The van der Waals surface area contributed by atoms with Crippen LogP contribution in [0.1, 0.15) is 29.1 Å². The highest BCUT2D eigenvalue weighted by atomic mass is 32.1. The van der Waals surface area contributed by atoms with Gasteiger partial charge in [0.1, 0.15) is 10.7 Å². The fourth-order valence-electron chi connectivity index (χ4n) is 2.41. The number of nitrogens with zero attached hydrogens (tertiary/aromatic N) is 3. The normalized spacial score (nSPS) is 18.2. The van der Waals surface area contributed by atoms with Gasteiger partial charge in [0.25, 0.3) is 0 Å². The maximum atomic E-state index is 5.63. The number of fused-ring (bicyclic) bond motifs is 1. The van der Waals surface area contributed by atoms with Gasteiger partial charge in [0, 0.05) is 17.6 Å². The molecular weight excluding hydrogens is 276 g/mol. The maximum absolute atomic E-state index is 5.63. The van der Waals surface area contributed by atoms with Gasteiger partial charge in [-0.1, -0.05) is 12.2 Å². The van der Waals surface area contributed by atoms with Gasteiger partial charge in [0.2, 0.25) is 5.95 Å². The lowest BCUT2D eigenvalue weighted by Gasteiger charge is -2.33. The summed E-state index contributed by atoms with van der Waals surface area (Å²) in [7, 11) is 0. The van der Waals surface area contributed by atoms with Crippen LogP contribution in [0.3, 0.4) is 0 Å². The Balaban J connectivity index is 1.95. The van der Waals surface area contributed by atoms with Crippen molar-refractivity contribution in [2.45, 2.75) is 19.4 Å². The van der Waals surface area contributed by atoms with Crippen LogP contribution in [0.25, 0.3) is 0 Å². The molecule has 1 aliphatic rings. The molecule has 0 radical (unpaired) electrons. The van der Waals surface area contributed by atoms with Crippen LogP contribution in [-0.2, 0) is 6.42 Å². The lowest BCUT2D eigenvalue weighted by atomic mass is 10.0. The molecule has 2 aromatic rings. The van der Waals surface area contributed by atoms with E-state index in [0.717, 1.165) is 13.0 Å². The Morgan fingerprint density at radius 1 is 1.53 bits per heavy atom. The highest BCUT2D eigenvalue weighted by Gasteiger charge is 2.26. The minimum atomic E-state index is 0.289. The minimum Gasteiger partial charge on any atom is -0.388 e. The third-order valence-electron chi connectivity index (χ3n) is 3.43. The van der Waals surface area contributed by atoms with Crippen LogP contribution in [0.15, 0.2) is 23.7 Å². The molecule has 1 atom stereocenters. The van der Waals surface area contributed by atoms with Gasteiger partial charge in [-0.2, -0.15) is 0 Å². The van der Waals surface area contributed by atoms with Crippen molar-refractivity contribution in [3.05, 3.63) is 39.8 Å². The zero-order chi connectivity index (χ0) is 13.4. The molecule has 98 valence electrons. The Kier molecular flexibility index (Phi) is 3.20. The largest absolute Gasteiger partial charge is 0.388 e. The Bertz CT molecular complexity index is 623. The Morgan fingerprint density at radius 3 is 3.16 bits per heavy atom. The second kappa shape index (κ2) is 4.86. The van der Waals surface area contributed by atoms with E-state index in [-0.39, 0.29) is 6.04 Å². The highest BCUT2D eigenvalue weighted by Crippen LogP contribution is 2.34. The van der Waals surface area contributed by atoms with Crippen LogP contribution in [0, 0.1) is 0 Å². The average Bonchev–Trinajstić information content (AvgIpc) is 2.88. The number of anilines is 1. The monoisotopic (exact) mass is 290 g/mol. The number of thiocarbonyl (C=S) groups is 1. The van der Waals surface area contributed by atoms with E-state index in [4.69, 9.17) is 18.0 Å². The first-order valence-corrected chi connectivity index (χ1v) is 7.41. The Morgan fingerprint density at radius 2 is 2.37 bits per heavy atom. The summed E-state index contributed by atoms with van der Waals surface area (Å²) >= 11 is 6.80. The molecule has 0 saturated heterocycles. The van der Waals surface area contributed by atoms with Crippen molar-refractivity contribution in [3.8, 4) is 0 Å². The van der Waals surface area contributed by atoms with Crippen molar-refractivity contribution in [2.75, 3.05) is 11.4 Å². The molecule has 1 aliphatic heterocycles. The zero-order valence-electron chi connectivity index (χ0n) is 10.5. The molecule has 4 nitrogen and oxygen atoms in total. The van der Waals surface area contributed by atoms with E-state index in [1.165, 1.54) is 10.4 Å². The van der Waals surface area contributed by atoms with Crippen LogP contribution in [0.4, 0.5) is 5.95 Å². The molecule has 0 fully saturated rings. The van der Waals surface area contributed by atoms with Gasteiger partial charge in [0.15, 0.2) is 0 Å². The number of hydrogen-bond donors (Lipinski definition) is 1. The van der Waals surface area contributed by atoms with E-state index in [1.807, 2.05) is 11.3 Å². The summed E-state index contributed by atoms with van der Waals surface area (Å²) in [6.07, 6.45) is 2.75. The van der Waals surface area contributed by atoms with Crippen LogP contribution < -0.4 is 10.6 Å². The second-order valence-electron chi connectivity index (χ2n) is 4.52. The van der Waals surface area contributed by atoms with Crippen molar-refractivity contribution < 1.29 is 0 Å². The smallest absolute Gasteiger partial charge is 0.226 e. The topological polar surface area (TPSA) is 55.0 Å². The van der Waals surface area contributed by atoms with Crippen molar-refractivity contribution in [2.24, 2.45) is 5.73 Å². The summed E-state index contributed by atoms with van der Waals surface area (Å²) in [5.74, 6) is 0.703. The lowest BCUT2D eigenvalue weighted by Crippen LogP contribution is -2.34. The van der Waals surface area contributed by atoms with Crippen molar-refractivity contribution in [1.29, 1.82) is 0 Å². The predicted molar refractivity (Wildman–Crippen MR) is 81.7 cm³/mol. The maximum Gasteiger partial charge on any atom is 0.226 e. The molecule has 3 rings (SSSR count). The van der Waals surface area contributed by atoms with Gasteiger partial charge < -0.3 is 10.6 Å².